The standard InChI is InChI=1S/C27H31Cl2N7O5/c1-13(2)31-6-7-32-25(37)14-8-16(33-11-14)10-17-19-23(29)34-27(30)35-24(19)36(26(17)38)12-15-9-18(39-3)21(40-4)22(41-5)20(15)28/h8-11,13,31,33H,6-7,12H2,1-5H3,(H,32,37)(H2,30,34,35)/b17-10+. The maximum atomic E-state index is 13.8. The number of amides is 2. The highest BCUT2D eigenvalue weighted by Crippen LogP contribution is 2.47. The van der Waals surface area contributed by atoms with Crippen LogP contribution in [0.3, 0.4) is 0 Å². The van der Waals surface area contributed by atoms with Crippen LogP contribution in [0.25, 0.3) is 11.6 Å². The van der Waals surface area contributed by atoms with Crippen LogP contribution in [-0.2, 0) is 11.3 Å². The molecule has 1 aromatic carbocycles. The van der Waals surface area contributed by atoms with E-state index in [0.717, 1.165) is 0 Å². The van der Waals surface area contributed by atoms with Crippen molar-refractivity contribution in [3.8, 4) is 17.2 Å². The predicted octanol–water partition coefficient (Wildman–Crippen LogP) is 3.53. The number of nitrogens with zero attached hydrogens (tertiary/aromatic N) is 3. The molecule has 0 saturated heterocycles. The van der Waals surface area contributed by atoms with E-state index in [4.69, 9.17) is 43.1 Å². The maximum Gasteiger partial charge on any atom is 0.260 e. The van der Waals surface area contributed by atoms with Crippen molar-refractivity contribution in [2.75, 3.05) is 45.1 Å². The predicted molar refractivity (Wildman–Crippen MR) is 158 cm³/mol. The number of nitrogen functional groups attached to an aromatic ring is 1. The minimum atomic E-state index is -0.424. The summed E-state index contributed by atoms with van der Waals surface area (Å²) < 4.78 is 16.3. The van der Waals surface area contributed by atoms with Crippen LogP contribution in [0.2, 0.25) is 10.2 Å². The molecule has 0 atom stereocenters. The van der Waals surface area contributed by atoms with Crippen molar-refractivity contribution in [3.63, 3.8) is 0 Å². The third kappa shape index (κ3) is 6.19. The molecule has 3 heterocycles. The van der Waals surface area contributed by atoms with Crippen molar-refractivity contribution in [1.82, 2.24) is 25.6 Å². The summed E-state index contributed by atoms with van der Waals surface area (Å²) >= 11 is 13.1. The van der Waals surface area contributed by atoms with Gasteiger partial charge in [0.1, 0.15) is 5.15 Å². The maximum absolute atomic E-state index is 13.8. The normalized spacial score (nSPS) is 13.6. The minimum absolute atomic E-state index is 0.00719. The Hall–Kier alpha value is -4.00. The largest absolute Gasteiger partial charge is 0.493 e. The number of methoxy groups -OCH3 is 3. The first kappa shape index (κ1) is 30.0. The Morgan fingerprint density at radius 1 is 1.12 bits per heavy atom. The Kier molecular flexibility index (Phi) is 9.26. The number of carbonyl (C=O) groups excluding carboxylic acids is 2. The zero-order chi connectivity index (χ0) is 29.8. The highest BCUT2D eigenvalue weighted by Gasteiger charge is 2.38. The lowest BCUT2D eigenvalue weighted by atomic mass is 10.1. The molecule has 0 radical (unpaired) electrons. The number of anilines is 2. The van der Waals surface area contributed by atoms with Gasteiger partial charge < -0.3 is 35.6 Å². The average Bonchev–Trinajstić information content (AvgIpc) is 3.50. The Morgan fingerprint density at radius 3 is 2.51 bits per heavy atom. The average molecular weight is 604 g/mol. The van der Waals surface area contributed by atoms with Gasteiger partial charge in [-0.3, -0.25) is 14.5 Å². The van der Waals surface area contributed by atoms with Crippen LogP contribution in [0.4, 0.5) is 11.8 Å². The van der Waals surface area contributed by atoms with E-state index in [2.05, 4.69) is 25.6 Å². The molecule has 12 nitrogen and oxygen atoms in total. The highest BCUT2D eigenvalue weighted by molar-refractivity contribution is 6.41. The first-order valence-electron chi connectivity index (χ1n) is 12.6. The van der Waals surface area contributed by atoms with Crippen molar-refractivity contribution in [1.29, 1.82) is 0 Å². The van der Waals surface area contributed by atoms with Gasteiger partial charge in [-0.05, 0) is 23.8 Å². The summed E-state index contributed by atoms with van der Waals surface area (Å²) in [6.07, 6.45) is 3.15. The number of nitrogens with two attached hydrogens (primary N) is 1. The second-order valence-corrected chi connectivity index (χ2v) is 10.1. The second kappa shape index (κ2) is 12.7. The van der Waals surface area contributed by atoms with Crippen LogP contribution in [0.15, 0.2) is 18.3 Å². The van der Waals surface area contributed by atoms with Crippen LogP contribution < -0.4 is 35.5 Å². The van der Waals surface area contributed by atoms with E-state index in [0.29, 0.717) is 53.0 Å². The summed E-state index contributed by atoms with van der Waals surface area (Å²) in [5, 5.41) is 6.33. The lowest BCUT2D eigenvalue weighted by Gasteiger charge is -2.20. The number of hydrogen-bond acceptors (Lipinski definition) is 9. The third-order valence-electron chi connectivity index (χ3n) is 6.27. The van der Waals surface area contributed by atoms with Crippen LogP contribution >= 0.6 is 23.2 Å². The fourth-order valence-electron chi connectivity index (χ4n) is 4.37. The Morgan fingerprint density at radius 2 is 1.85 bits per heavy atom. The van der Waals surface area contributed by atoms with Crippen LogP contribution in [-0.4, -0.2) is 67.2 Å². The van der Waals surface area contributed by atoms with E-state index < -0.39 is 5.91 Å². The first-order valence-corrected chi connectivity index (χ1v) is 13.4. The van der Waals surface area contributed by atoms with Gasteiger partial charge in [-0.1, -0.05) is 37.0 Å². The van der Waals surface area contributed by atoms with Gasteiger partial charge in [0, 0.05) is 31.0 Å². The summed E-state index contributed by atoms with van der Waals surface area (Å²) in [7, 11) is 4.40. The zero-order valence-electron chi connectivity index (χ0n) is 23.2. The number of nitrogens with one attached hydrogen (secondary N) is 3. The van der Waals surface area contributed by atoms with Gasteiger partial charge in [0.05, 0.1) is 49.6 Å². The molecule has 4 rings (SSSR count). The Balaban J connectivity index is 1.67. The second-order valence-electron chi connectivity index (χ2n) is 9.35. The van der Waals surface area contributed by atoms with Crippen molar-refractivity contribution >= 4 is 58.4 Å². The minimum Gasteiger partial charge on any atom is -0.493 e. The summed E-state index contributed by atoms with van der Waals surface area (Å²) in [5.41, 5.74) is 7.82. The molecule has 2 amide bonds. The van der Waals surface area contributed by atoms with Crippen molar-refractivity contribution in [2.45, 2.75) is 26.4 Å². The number of fused-ring (bicyclic) bond motifs is 1. The monoisotopic (exact) mass is 603 g/mol. The molecule has 41 heavy (non-hydrogen) atoms. The number of carbonyl (C=O) groups is 2. The van der Waals surface area contributed by atoms with Crippen molar-refractivity contribution < 1.29 is 23.8 Å². The van der Waals surface area contributed by atoms with Gasteiger partial charge in [-0.2, -0.15) is 4.98 Å². The molecular formula is C27H31Cl2N7O5. The number of H-pyrrole nitrogens is 1. The van der Waals surface area contributed by atoms with E-state index in [-0.39, 0.29) is 45.7 Å². The third-order valence-corrected chi connectivity index (χ3v) is 6.96. The van der Waals surface area contributed by atoms with Crippen molar-refractivity contribution in [2.24, 2.45) is 0 Å². The number of ether oxygens (including phenoxy) is 3. The van der Waals surface area contributed by atoms with E-state index in [1.54, 1.807) is 24.4 Å². The SMILES string of the molecule is COc1cc(CN2C(=O)/C(=C/c3cc(C(=O)NCCNC(C)C)c[nH]3)c3c(Cl)nc(N)nc32)c(Cl)c(OC)c1OC. The molecule has 0 bridgehead atoms. The molecule has 2 aromatic heterocycles. The molecule has 218 valence electrons. The molecular weight excluding hydrogens is 573 g/mol. The fraction of sp³-hybridized carbons (Fsp3) is 0.333. The fourth-order valence-corrected chi connectivity index (χ4v) is 4.92. The van der Waals surface area contributed by atoms with E-state index in [9.17, 15) is 9.59 Å². The Labute approximate surface area is 247 Å². The quantitative estimate of drug-likeness (QED) is 0.146. The smallest absolute Gasteiger partial charge is 0.260 e. The highest BCUT2D eigenvalue weighted by atomic mass is 35.5. The molecule has 0 saturated carbocycles. The number of hydrogen-bond donors (Lipinski definition) is 4. The van der Waals surface area contributed by atoms with E-state index in [1.807, 2.05) is 13.8 Å². The summed E-state index contributed by atoms with van der Waals surface area (Å²) in [4.78, 5) is 39.1. The van der Waals surface area contributed by atoms with Gasteiger partial charge in [-0.15, -0.1) is 0 Å². The zero-order valence-corrected chi connectivity index (χ0v) is 24.7. The topological polar surface area (TPSA) is 157 Å². The summed E-state index contributed by atoms with van der Waals surface area (Å²) in [5.74, 6) is 0.372. The molecule has 0 aliphatic carbocycles. The number of halogens is 2. The van der Waals surface area contributed by atoms with Crippen LogP contribution in [0.1, 0.15) is 41.0 Å². The molecule has 0 spiro atoms. The molecule has 1 aliphatic rings. The molecule has 0 unspecified atom stereocenters. The molecule has 3 aromatic rings. The molecule has 5 N–H and O–H groups in total. The van der Waals surface area contributed by atoms with Gasteiger partial charge in [-0.25, -0.2) is 4.98 Å². The van der Waals surface area contributed by atoms with Gasteiger partial charge in [0.15, 0.2) is 17.3 Å². The van der Waals surface area contributed by atoms with Gasteiger partial charge in [0.2, 0.25) is 11.7 Å². The van der Waals surface area contributed by atoms with E-state index >= 15 is 0 Å². The molecule has 14 heteroatoms. The van der Waals surface area contributed by atoms with Crippen molar-refractivity contribution in [3.05, 3.63) is 50.9 Å². The summed E-state index contributed by atoms with van der Waals surface area (Å²) in [6, 6.07) is 3.60. The number of aromatic nitrogens is 3. The lowest BCUT2D eigenvalue weighted by molar-refractivity contribution is -0.113. The molecule has 1 aliphatic heterocycles. The number of benzene rings is 1. The number of rotatable bonds is 11. The van der Waals surface area contributed by atoms with Crippen LogP contribution in [0, 0.1) is 0 Å². The lowest BCUT2D eigenvalue weighted by Crippen LogP contribution is -2.34. The molecule has 0 fully saturated rings. The summed E-state index contributed by atoms with van der Waals surface area (Å²) in [6.45, 7) is 5.15. The van der Waals surface area contributed by atoms with Gasteiger partial charge in [0.25, 0.3) is 11.8 Å². The van der Waals surface area contributed by atoms with E-state index in [1.165, 1.54) is 26.2 Å². The van der Waals surface area contributed by atoms with Gasteiger partial charge >= 0.3 is 0 Å². The first-order chi connectivity index (χ1) is 19.6. The number of aromatic amines is 1. The van der Waals surface area contributed by atoms with Crippen LogP contribution in [0.5, 0.6) is 17.2 Å². The Bertz CT molecular complexity index is 1510.